The number of carbonyl (C=O) groups is 1. The van der Waals surface area contributed by atoms with Crippen molar-refractivity contribution in [2.75, 3.05) is 10.6 Å². The summed E-state index contributed by atoms with van der Waals surface area (Å²) in [6, 6.07) is 9.57. The second kappa shape index (κ2) is 6.09. The Morgan fingerprint density at radius 3 is 2.42 bits per heavy atom. The highest BCUT2D eigenvalue weighted by Crippen LogP contribution is 2.16. The average molecular weight is 258 g/mol. The van der Waals surface area contributed by atoms with Crippen LogP contribution in [-0.4, -0.2) is 5.91 Å². The molecule has 0 fully saturated rings. The first-order valence-corrected chi connectivity index (χ1v) is 6.36. The fourth-order valence-electron chi connectivity index (χ4n) is 1.69. The van der Waals surface area contributed by atoms with Crippen LogP contribution in [-0.2, 0) is 11.3 Å². The van der Waals surface area contributed by atoms with Gasteiger partial charge in [-0.1, -0.05) is 6.92 Å². The van der Waals surface area contributed by atoms with Gasteiger partial charge >= 0.3 is 0 Å². The van der Waals surface area contributed by atoms with Gasteiger partial charge in [-0.2, -0.15) is 0 Å². The molecule has 0 saturated carbocycles. The lowest BCUT2D eigenvalue weighted by atomic mass is 10.2. The van der Waals surface area contributed by atoms with Crippen molar-refractivity contribution in [3.63, 3.8) is 0 Å². The topological polar surface area (TPSA) is 54.3 Å². The summed E-state index contributed by atoms with van der Waals surface area (Å²) < 4.78 is 5.36. The monoisotopic (exact) mass is 258 g/mol. The van der Waals surface area contributed by atoms with Crippen molar-refractivity contribution in [2.24, 2.45) is 0 Å². The minimum absolute atomic E-state index is 0.0203. The van der Waals surface area contributed by atoms with E-state index in [0.717, 1.165) is 22.7 Å². The van der Waals surface area contributed by atoms with Crippen LogP contribution in [0.25, 0.3) is 0 Å². The number of furan rings is 1. The molecule has 1 amide bonds. The number of amides is 1. The van der Waals surface area contributed by atoms with Crippen LogP contribution in [0.1, 0.15) is 24.7 Å². The Hall–Kier alpha value is -2.23. The molecule has 4 heteroatoms. The van der Waals surface area contributed by atoms with Crippen LogP contribution in [0.5, 0.6) is 0 Å². The van der Waals surface area contributed by atoms with Crippen molar-refractivity contribution < 1.29 is 9.21 Å². The summed E-state index contributed by atoms with van der Waals surface area (Å²) in [4.78, 5) is 11.2. The van der Waals surface area contributed by atoms with E-state index in [2.05, 4.69) is 10.6 Å². The van der Waals surface area contributed by atoms with Gasteiger partial charge in [-0.15, -0.1) is 0 Å². The van der Waals surface area contributed by atoms with Crippen LogP contribution >= 0.6 is 0 Å². The van der Waals surface area contributed by atoms with Gasteiger partial charge in [-0.05, 0) is 42.8 Å². The molecule has 2 aromatic rings. The van der Waals surface area contributed by atoms with Gasteiger partial charge in [0.1, 0.15) is 5.76 Å². The number of hydrogen-bond donors (Lipinski definition) is 2. The van der Waals surface area contributed by atoms with Gasteiger partial charge in [0.05, 0.1) is 12.8 Å². The molecular weight excluding hydrogens is 240 g/mol. The van der Waals surface area contributed by atoms with Crippen molar-refractivity contribution in [3.05, 3.63) is 47.9 Å². The van der Waals surface area contributed by atoms with E-state index >= 15 is 0 Å². The van der Waals surface area contributed by atoms with Crippen LogP contribution in [0.15, 0.2) is 41.0 Å². The van der Waals surface area contributed by atoms with E-state index in [1.54, 1.807) is 6.26 Å². The second-order valence-corrected chi connectivity index (χ2v) is 4.36. The smallest absolute Gasteiger partial charge is 0.224 e. The Balaban J connectivity index is 1.92. The minimum Gasteiger partial charge on any atom is -0.467 e. The van der Waals surface area contributed by atoms with E-state index in [1.165, 1.54) is 0 Å². The van der Waals surface area contributed by atoms with Crippen LogP contribution in [0, 0.1) is 6.92 Å². The lowest BCUT2D eigenvalue weighted by molar-refractivity contribution is -0.115. The largest absolute Gasteiger partial charge is 0.467 e. The number of nitrogens with one attached hydrogen (secondary N) is 2. The number of anilines is 2. The molecule has 19 heavy (non-hydrogen) atoms. The van der Waals surface area contributed by atoms with E-state index in [1.807, 2.05) is 44.2 Å². The molecule has 100 valence electrons. The van der Waals surface area contributed by atoms with Crippen molar-refractivity contribution in [1.29, 1.82) is 0 Å². The molecule has 0 saturated heterocycles. The molecule has 2 N–H and O–H groups in total. The maximum Gasteiger partial charge on any atom is 0.224 e. The van der Waals surface area contributed by atoms with Gasteiger partial charge in [-0.25, -0.2) is 0 Å². The number of benzene rings is 1. The second-order valence-electron chi connectivity index (χ2n) is 4.36. The predicted octanol–water partition coefficient (Wildman–Crippen LogP) is 3.55. The van der Waals surface area contributed by atoms with Crippen LogP contribution < -0.4 is 10.6 Å². The standard InChI is InChI=1S/C15H18N2O2/c1-3-15(18)17-13-6-4-12(5-7-13)16-10-14-11(2)8-9-19-14/h4-9,16H,3,10H2,1-2H3,(H,17,18). The van der Waals surface area contributed by atoms with Crippen molar-refractivity contribution >= 4 is 17.3 Å². The van der Waals surface area contributed by atoms with Crippen molar-refractivity contribution in [1.82, 2.24) is 0 Å². The van der Waals surface area contributed by atoms with Gasteiger partial charge < -0.3 is 15.1 Å². The molecule has 1 aromatic heterocycles. The number of hydrogen-bond acceptors (Lipinski definition) is 3. The van der Waals surface area contributed by atoms with Gasteiger partial charge in [0, 0.05) is 17.8 Å². The first kappa shape index (κ1) is 13.2. The molecule has 0 radical (unpaired) electrons. The molecule has 1 aromatic carbocycles. The quantitative estimate of drug-likeness (QED) is 0.862. The van der Waals surface area contributed by atoms with E-state index in [4.69, 9.17) is 4.42 Å². The summed E-state index contributed by atoms with van der Waals surface area (Å²) in [5, 5.41) is 6.09. The summed E-state index contributed by atoms with van der Waals surface area (Å²) in [7, 11) is 0. The Morgan fingerprint density at radius 1 is 1.16 bits per heavy atom. The Kier molecular flexibility index (Phi) is 4.23. The third kappa shape index (κ3) is 3.61. The summed E-state index contributed by atoms with van der Waals surface area (Å²) in [6.07, 6.45) is 2.17. The predicted molar refractivity (Wildman–Crippen MR) is 76.1 cm³/mol. The van der Waals surface area contributed by atoms with E-state index < -0.39 is 0 Å². The van der Waals surface area contributed by atoms with Crippen LogP contribution in [0.2, 0.25) is 0 Å². The highest BCUT2D eigenvalue weighted by atomic mass is 16.3. The van der Waals surface area contributed by atoms with E-state index in [0.29, 0.717) is 13.0 Å². The van der Waals surface area contributed by atoms with Crippen LogP contribution in [0.4, 0.5) is 11.4 Å². The Morgan fingerprint density at radius 2 is 1.84 bits per heavy atom. The molecule has 1 heterocycles. The average Bonchev–Trinajstić information content (AvgIpc) is 2.83. The maximum atomic E-state index is 11.2. The summed E-state index contributed by atoms with van der Waals surface area (Å²) in [5.74, 6) is 0.954. The van der Waals surface area contributed by atoms with E-state index in [9.17, 15) is 4.79 Å². The molecule has 0 aliphatic heterocycles. The molecule has 0 unspecified atom stereocenters. The highest BCUT2D eigenvalue weighted by Gasteiger charge is 2.02. The minimum atomic E-state index is 0.0203. The van der Waals surface area contributed by atoms with E-state index in [-0.39, 0.29) is 5.91 Å². The van der Waals surface area contributed by atoms with Crippen LogP contribution in [0.3, 0.4) is 0 Å². The molecule has 0 bridgehead atoms. The third-order valence-corrected chi connectivity index (χ3v) is 2.91. The highest BCUT2D eigenvalue weighted by molar-refractivity contribution is 5.90. The van der Waals surface area contributed by atoms with Crippen molar-refractivity contribution in [3.8, 4) is 0 Å². The first-order chi connectivity index (χ1) is 9.19. The van der Waals surface area contributed by atoms with Gasteiger partial charge in [0.2, 0.25) is 5.91 Å². The zero-order valence-electron chi connectivity index (χ0n) is 11.2. The first-order valence-electron chi connectivity index (χ1n) is 6.36. The lowest BCUT2D eigenvalue weighted by Gasteiger charge is -2.07. The number of rotatable bonds is 5. The molecule has 4 nitrogen and oxygen atoms in total. The summed E-state index contributed by atoms with van der Waals surface area (Å²) in [6.45, 7) is 4.50. The summed E-state index contributed by atoms with van der Waals surface area (Å²) in [5.41, 5.74) is 2.94. The number of carbonyl (C=O) groups excluding carboxylic acids is 1. The van der Waals surface area contributed by atoms with Crippen molar-refractivity contribution in [2.45, 2.75) is 26.8 Å². The Labute approximate surface area is 112 Å². The lowest BCUT2D eigenvalue weighted by Crippen LogP contribution is -2.09. The van der Waals surface area contributed by atoms with Gasteiger partial charge in [0.25, 0.3) is 0 Å². The zero-order valence-corrected chi connectivity index (χ0v) is 11.2. The third-order valence-electron chi connectivity index (χ3n) is 2.91. The fourth-order valence-corrected chi connectivity index (χ4v) is 1.69. The molecule has 0 aliphatic carbocycles. The maximum absolute atomic E-state index is 11.2. The zero-order chi connectivity index (χ0) is 13.7. The number of aryl methyl sites for hydroxylation is 1. The molecule has 2 rings (SSSR count). The summed E-state index contributed by atoms with van der Waals surface area (Å²) >= 11 is 0. The molecule has 0 aliphatic rings. The molecule has 0 atom stereocenters. The molecular formula is C15H18N2O2. The van der Waals surface area contributed by atoms with Gasteiger partial charge in [0.15, 0.2) is 0 Å². The SMILES string of the molecule is CCC(=O)Nc1ccc(NCc2occc2C)cc1. The van der Waals surface area contributed by atoms with Gasteiger partial charge in [-0.3, -0.25) is 4.79 Å². The fraction of sp³-hybridized carbons (Fsp3) is 0.267. The normalized spacial score (nSPS) is 10.2. The molecule has 0 spiro atoms. The Bertz CT molecular complexity index is 544.